The Balaban J connectivity index is 2.05. The summed E-state index contributed by atoms with van der Waals surface area (Å²) >= 11 is 0. The van der Waals surface area contributed by atoms with E-state index in [2.05, 4.69) is 0 Å². The van der Waals surface area contributed by atoms with Crippen LogP contribution in [0.2, 0.25) is 0 Å². The highest BCUT2D eigenvalue weighted by atomic mass is 16.7. The standard InChI is InChI=1S/C14H16O4/c1-14(2,3)18-7-6-11(15)10-4-5-12-13(8-10)17-9-16-12/h4-8H,9H2,1-3H3/b7-6-. The highest BCUT2D eigenvalue weighted by Gasteiger charge is 2.15. The summed E-state index contributed by atoms with van der Waals surface area (Å²) in [5, 5.41) is 0. The highest BCUT2D eigenvalue weighted by molar-refractivity contribution is 6.04. The largest absolute Gasteiger partial charge is 0.496 e. The number of allylic oxidation sites excluding steroid dienone is 1. The van der Waals surface area contributed by atoms with Gasteiger partial charge in [-0.15, -0.1) is 0 Å². The molecule has 1 aromatic carbocycles. The van der Waals surface area contributed by atoms with E-state index in [1.165, 1.54) is 12.3 Å². The molecule has 4 heteroatoms. The average molecular weight is 248 g/mol. The predicted octanol–water partition coefficient (Wildman–Crippen LogP) is 2.93. The van der Waals surface area contributed by atoms with Crippen LogP contribution < -0.4 is 9.47 Å². The third-order valence-electron chi connectivity index (χ3n) is 2.30. The lowest BCUT2D eigenvalue weighted by atomic mass is 10.1. The quantitative estimate of drug-likeness (QED) is 0.468. The Kier molecular flexibility index (Phi) is 3.28. The van der Waals surface area contributed by atoms with E-state index in [0.29, 0.717) is 17.1 Å². The predicted molar refractivity (Wildman–Crippen MR) is 66.9 cm³/mol. The normalized spacial score (nSPS) is 13.9. The summed E-state index contributed by atoms with van der Waals surface area (Å²) in [6.45, 7) is 5.96. The fourth-order valence-electron chi connectivity index (χ4n) is 1.45. The number of hydrogen-bond acceptors (Lipinski definition) is 4. The minimum atomic E-state index is -0.300. The van der Waals surface area contributed by atoms with Crippen LogP contribution >= 0.6 is 0 Å². The lowest BCUT2D eigenvalue weighted by Crippen LogP contribution is -2.15. The maximum atomic E-state index is 11.9. The summed E-state index contributed by atoms with van der Waals surface area (Å²) in [7, 11) is 0. The number of rotatable bonds is 3. The molecule has 0 aromatic heterocycles. The first kappa shape index (κ1) is 12.5. The molecule has 96 valence electrons. The van der Waals surface area contributed by atoms with Crippen LogP contribution in [-0.2, 0) is 4.74 Å². The highest BCUT2D eigenvalue weighted by Crippen LogP contribution is 2.32. The van der Waals surface area contributed by atoms with Crippen molar-refractivity contribution in [1.29, 1.82) is 0 Å². The minimum Gasteiger partial charge on any atom is -0.496 e. The number of hydrogen-bond donors (Lipinski definition) is 0. The molecule has 0 amide bonds. The Morgan fingerprint density at radius 1 is 1.28 bits per heavy atom. The molecule has 0 unspecified atom stereocenters. The molecule has 0 atom stereocenters. The Labute approximate surface area is 106 Å². The molecule has 0 fully saturated rings. The van der Waals surface area contributed by atoms with Crippen LogP contribution in [0.1, 0.15) is 31.1 Å². The molecule has 2 rings (SSSR count). The Bertz CT molecular complexity index is 483. The number of carbonyl (C=O) groups excluding carboxylic acids is 1. The lowest BCUT2D eigenvalue weighted by Gasteiger charge is -2.17. The van der Waals surface area contributed by atoms with Crippen LogP contribution in [0.25, 0.3) is 0 Å². The van der Waals surface area contributed by atoms with E-state index in [1.54, 1.807) is 18.2 Å². The van der Waals surface area contributed by atoms with Gasteiger partial charge in [-0.2, -0.15) is 0 Å². The smallest absolute Gasteiger partial charge is 0.231 e. The maximum Gasteiger partial charge on any atom is 0.231 e. The molecule has 0 radical (unpaired) electrons. The van der Waals surface area contributed by atoms with Gasteiger partial charge in [-0.3, -0.25) is 4.79 Å². The first-order valence-electron chi connectivity index (χ1n) is 5.74. The fourth-order valence-corrected chi connectivity index (χ4v) is 1.45. The number of carbonyl (C=O) groups is 1. The summed E-state index contributed by atoms with van der Waals surface area (Å²) < 4.78 is 15.8. The molecule has 4 nitrogen and oxygen atoms in total. The van der Waals surface area contributed by atoms with Crippen molar-refractivity contribution in [2.75, 3.05) is 6.79 Å². The molecule has 1 heterocycles. The number of benzene rings is 1. The van der Waals surface area contributed by atoms with Gasteiger partial charge in [0, 0.05) is 11.6 Å². The van der Waals surface area contributed by atoms with Crippen molar-refractivity contribution in [2.24, 2.45) is 0 Å². The molecule has 0 N–H and O–H groups in total. The zero-order chi connectivity index (χ0) is 13.2. The molecule has 1 aliphatic rings. The van der Waals surface area contributed by atoms with E-state index >= 15 is 0 Å². The van der Waals surface area contributed by atoms with E-state index in [-0.39, 0.29) is 18.2 Å². The van der Waals surface area contributed by atoms with Gasteiger partial charge < -0.3 is 14.2 Å². The van der Waals surface area contributed by atoms with Crippen molar-refractivity contribution in [3.63, 3.8) is 0 Å². The van der Waals surface area contributed by atoms with Crippen LogP contribution in [0, 0.1) is 0 Å². The molecule has 0 aliphatic carbocycles. The molecule has 0 bridgehead atoms. The molecule has 1 aromatic rings. The fraction of sp³-hybridized carbons (Fsp3) is 0.357. The van der Waals surface area contributed by atoms with Crippen LogP contribution in [-0.4, -0.2) is 18.2 Å². The summed E-state index contributed by atoms with van der Waals surface area (Å²) in [5.41, 5.74) is 0.249. The van der Waals surface area contributed by atoms with Crippen molar-refractivity contribution in [3.8, 4) is 11.5 Å². The second-order valence-corrected chi connectivity index (χ2v) is 4.97. The molecule has 0 saturated carbocycles. The van der Waals surface area contributed by atoms with E-state index in [1.807, 2.05) is 20.8 Å². The summed E-state index contributed by atoms with van der Waals surface area (Å²) in [6.07, 6.45) is 2.83. The first-order valence-corrected chi connectivity index (χ1v) is 5.74. The van der Waals surface area contributed by atoms with Crippen LogP contribution in [0.4, 0.5) is 0 Å². The van der Waals surface area contributed by atoms with E-state index in [9.17, 15) is 4.79 Å². The third kappa shape index (κ3) is 3.03. The van der Waals surface area contributed by atoms with Gasteiger partial charge in [-0.05, 0) is 39.0 Å². The first-order chi connectivity index (χ1) is 8.46. The Morgan fingerprint density at radius 3 is 2.72 bits per heavy atom. The van der Waals surface area contributed by atoms with Crippen molar-refractivity contribution < 1.29 is 19.0 Å². The summed E-state index contributed by atoms with van der Waals surface area (Å²) in [4.78, 5) is 11.9. The van der Waals surface area contributed by atoms with Crippen LogP contribution in [0.15, 0.2) is 30.5 Å². The number of fused-ring (bicyclic) bond motifs is 1. The third-order valence-corrected chi connectivity index (χ3v) is 2.30. The van der Waals surface area contributed by atoms with Crippen molar-refractivity contribution in [1.82, 2.24) is 0 Å². The van der Waals surface area contributed by atoms with Crippen LogP contribution in [0.3, 0.4) is 0 Å². The van der Waals surface area contributed by atoms with Gasteiger partial charge in [-0.25, -0.2) is 0 Å². The zero-order valence-corrected chi connectivity index (χ0v) is 10.7. The maximum absolute atomic E-state index is 11.9. The SMILES string of the molecule is CC(C)(C)O/C=C\C(=O)c1ccc2c(c1)OCO2. The second-order valence-electron chi connectivity index (χ2n) is 4.97. The van der Waals surface area contributed by atoms with E-state index < -0.39 is 0 Å². The van der Waals surface area contributed by atoms with Crippen molar-refractivity contribution >= 4 is 5.78 Å². The van der Waals surface area contributed by atoms with Gasteiger partial charge >= 0.3 is 0 Å². The number of ketones is 1. The van der Waals surface area contributed by atoms with Crippen LogP contribution in [0.5, 0.6) is 11.5 Å². The van der Waals surface area contributed by atoms with Crippen molar-refractivity contribution in [3.05, 3.63) is 36.1 Å². The van der Waals surface area contributed by atoms with Gasteiger partial charge in [0.2, 0.25) is 6.79 Å². The molecule has 0 saturated heterocycles. The van der Waals surface area contributed by atoms with Gasteiger partial charge in [0.15, 0.2) is 17.3 Å². The molecule has 0 spiro atoms. The minimum absolute atomic E-state index is 0.127. The lowest BCUT2D eigenvalue weighted by molar-refractivity contribution is 0.0754. The van der Waals surface area contributed by atoms with Gasteiger partial charge in [0.05, 0.1) is 11.9 Å². The Hall–Kier alpha value is -1.97. The number of ether oxygens (including phenoxy) is 3. The van der Waals surface area contributed by atoms with Crippen molar-refractivity contribution in [2.45, 2.75) is 26.4 Å². The summed E-state index contributed by atoms with van der Waals surface area (Å²) in [5.74, 6) is 1.14. The molecule has 18 heavy (non-hydrogen) atoms. The molecular formula is C14H16O4. The van der Waals surface area contributed by atoms with Gasteiger partial charge in [0.1, 0.15) is 0 Å². The zero-order valence-electron chi connectivity index (χ0n) is 10.7. The molecular weight excluding hydrogens is 232 g/mol. The summed E-state index contributed by atoms with van der Waals surface area (Å²) in [6, 6.07) is 5.11. The monoisotopic (exact) mass is 248 g/mol. The van der Waals surface area contributed by atoms with Gasteiger partial charge in [-0.1, -0.05) is 0 Å². The Morgan fingerprint density at radius 2 is 2.00 bits per heavy atom. The molecule has 1 aliphatic heterocycles. The van der Waals surface area contributed by atoms with Gasteiger partial charge in [0.25, 0.3) is 0 Å². The van der Waals surface area contributed by atoms with E-state index in [0.717, 1.165) is 0 Å². The average Bonchev–Trinajstić information content (AvgIpc) is 2.73. The van der Waals surface area contributed by atoms with E-state index in [4.69, 9.17) is 14.2 Å². The second kappa shape index (κ2) is 4.72. The topological polar surface area (TPSA) is 44.8 Å².